The van der Waals surface area contributed by atoms with Crippen LogP contribution in [0.1, 0.15) is 22.8 Å². The minimum absolute atomic E-state index is 0.149. The Morgan fingerprint density at radius 2 is 2.12 bits per heavy atom. The highest BCUT2D eigenvalue weighted by Crippen LogP contribution is 2.33. The average Bonchev–Trinajstić information content (AvgIpc) is 2.22. The molecule has 0 radical (unpaired) electrons. The van der Waals surface area contributed by atoms with Gasteiger partial charge in [0.15, 0.2) is 5.78 Å². The van der Waals surface area contributed by atoms with Crippen molar-refractivity contribution in [3.8, 4) is 5.75 Å². The summed E-state index contributed by atoms with van der Waals surface area (Å²) in [5.74, 6) is 0.140. The SMILES string of the molecule is CC1SCc2ccc(OC(F)(F)F)cc2C1=O. The first-order valence-corrected chi connectivity index (χ1v) is 5.96. The van der Waals surface area contributed by atoms with E-state index in [0.29, 0.717) is 11.3 Å². The Balaban J connectivity index is 2.33. The van der Waals surface area contributed by atoms with E-state index in [1.165, 1.54) is 30.0 Å². The lowest BCUT2D eigenvalue weighted by Crippen LogP contribution is -2.21. The third-order valence-electron chi connectivity index (χ3n) is 2.44. The van der Waals surface area contributed by atoms with Gasteiger partial charge < -0.3 is 4.74 Å². The van der Waals surface area contributed by atoms with Crippen LogP contribution in [-0.2, 0) is 5.75 Å². The predicted molar refractivity (Wildman–Crippen MR) is 58.2 cm³/mol. The van der Waals surface area contributed by atoms with Crippen molar-refractivity contribution in [2.45, 2.75) is 24.3 Å². The minimum Gasteiger partial charge on any atom is -0.406 e. The summed E-state index contributed by atoms with van der Waals surface area (Å²) in [4.78, 5) is 11.8. The van der Waals surface area contributed by atoms with E-state index < -0.39 is 6.36 Å². The number of hydrogen-bond acceptors (Lipinski definition) is 3. The van der Waals surface area contributed by atoms with E-state index in [-0.39, 0.29) is 16.8 Å². The minimum atomic E-state index is -4.73. The molecule has 1 aromatic carbocycles. The number of carbonyl (C=O) groups excluding carboxylic acids is 1. The van der Waals surface area contributed by atoms with Crippen LogP contribution >= 0.6 is 11.8 Å². The number of alkyl halides is 3. The zero-order valence-corrected chi connectivity index (χ0v) is 9.69. The second-order valence-corrected chi connectivity index (χ2v) is 5.01. The molecular formula is C11H9F3O2S. The number of benzene rings is 1. The molecule has 0 saturated carbocycles. The normalized spacial score (nSPS) is 20.0. The molecule has 1 heterocycles. The maximum Gasteiger partial charge on any atom is 0.573 e. The van der Waals surface area contributed by atoms with Gasteiger partial charge >= 0.3 is 6.36 Å². The fourth-order valence-corrected chi connectivity index (χ4v) is 2.58. The summed E-state index contributed by atoms with van der Waals surface area (Å²) in [7, 11) is 0. The Morgan fingerprint density at radius 3 is 2.76 bits per heavy atom. The fraction of sp³-hybridized carbons (Fsp3) is 0.364. The molecule has 0 amide bonds. The largest absolute Gasteiger partial charge is 0.573 e. The molecule has 0 aromatic heterocycles. The highest BCUT2D eigenvalue weighted by molar-refractivity contribution is 8.00. The van der Waals surface area contributed by atoms with Crippen molar-refractivity contribution in [1.29, 1.82) is 0 Å². The smallest absolute Gasteiger partial charge is 0.406 e. The fourth-order valence-electron chi connectivity index (χ4n) is 1.62. The average molecular weight is 262 g/mol. The quantitative estimate of drug-likeness (QED) is 0.776. The molecule has 2 rings (SSSR count). The summed E-state index contributed by atoms with van der Waals surface area (Å²) in [5.41, 5.74) is 1.09. The summed E-state index contributed by atoms with van der Waals surface area (Å²) in [6, 6.07) is 3.91. The molecular weight excluding hydrogens is 253 g/mol. The van der Waals surface area contributed by atoms with Gasteiger partial charge in [0.2, 0.25) is 0 Å². The molecule has 0 N–H and O–H groups in total. The van der Waals surface area contributed by atoms with Crippen molar-refractivity contribution in [1.82, 2.24) is 0 Å². The summed E-state index contributed by atoms with van der Waals surface area (Å²) < 4.78 is 39.9. The molecule has 17 heavy (non-hydrogen) atoms. The highest BCUT2D eigenvalue weighted by atomic mass is 32.2. The van der Waals surface area contributed by atoms with Crippen LogP contribution in [0, 0.1) is 0 Å². The summed E-state index contributed by atoms with van der Waals surface area (Å²) in [5, 5.41) is -0.219. The van der Waals surface area contributed by atoms with Gasteiger partial charge in [-0.25, -0.2) is 0 Å². The number of carbonyl (C=O) groups is 1. The molecule has 1 aliphatic heterocycles. The summed E-state index contributed by atoms with van der Waals surface area (Å²) >= 11 is 1.48. The number of fused-ring (bicyclic) bond motifs is 1. The Morgan fingerprint density at radius 1 is 1.41 bits per heavy atom. The van der Waals surface area contributed by atoms with E-state index in [1.807, 2.05) is 0 Å². The molecule has 0 bridgehead atoms. The second kappa shape index (κ2) is 4.25. The topological polar surface area (TPSA) is 26.3 Å². The molecule has 6 heteroatoms. The first kappa shape index (κ1) is 12.3. The molecule has 0 aliphatic carbocycles. The molecule has 0 saturated heterocycles. The summed E-state index contributed by atoms with van der Waals surface area (Å²) in [6.45, 7) is 1.74. The van der Waals surface area contributed by atoms with Gasteiger partial charge in [0.25, 0.3) is 0 Å². The number of Topliss-reactive ketones (excluding diaryl/α,β-unsaturated/α-hetero) is 1. The van der Waals surface area contributed by atoms with Crippen LogP contribution in [0.4, 0.5) is 13.2 Å². The summed E-state index contributed by atoms with van der Waals surface area (Å²) in [6.07, 6.45) is -4.73. The number of halogens is 3. The zero-order valence-electron chi connectivity index (χ0n) is 8.88. The molecule has 1 unspecified atom stereocenters. The third-order valence-corrected chi connectivity index (χ3v) is 3.63. The number of rotatable bonds is 1. The second-order valence-electron chi connectivity index (χ2n) is 3.68. The van der Waals surface area contributed by atoms with Crippen molar-refractivity contribution in [3.05, 3.63) is 29.3 Å². The maximum absolute atomic E-state index is 12.0. The van der Waals surface area contributed by atoms with Gasteiger partial charge in [-0.15, -0.1) is 24.9 Å². The lowest BCUT2D eigenvalue weighted by Gasteiger charge is -2.20. The number of ether oxygens (including phenoxy) is 1. The van der Waals surface area contributed by atoms with E-state index in [9.17, 15) is 18.0 Å². The first-order valence-electron chi connectivity index (χ1n) is 4.91. The Bertz CT molecular complexity index is 457. The Labute approximate surface area is 100 Å². The van der Waals surface area contributed by atoms with Crippen LogP contribution in [-0.4, -0.2) is 17.4 Å². The van der Waals surface area contributed by atoms with Gasteiger partial charge in [-0.05, 0) is 24.6 Å². The number of thioether (sulfide) groups is 1. The molecule has 92 valence electrons. The van der Waals surface area contributed by atoms with Crippen molar-refractivity contribution in [3.63, 3.8) is 0 Å². The van der Waals surface area contributed by atoms with Gasteiger partial charge in [0, 0.05) is 11.3 Å². The van der Waals surface area contributed by atoms with E-state index in [2.05, 4.69) is 4.74 Å². The zero-order chi connectivity index (χ0) is 12.6. The number of ketones is 1. The van der Waals surface area contributed by atoms with Crippen molar-refractivity contribution >= 4 is 17.5 Å². The molecule has 1 aliphatic rings. The van der Waals surface area contributed by atoms with Crippen LogP contribution in [0.15, 0.2) is 18.2 Å². The van der Waals surface area contributed by atoms with Crippen LogP contribution in [0.25, 0.3) is 0 Å². The van der Waals surface area contributed by atoms with Crippen LogP contribution in [0.3, 0.4) is 0 Å². The molecule has 2 nitrogen and oxygen atoms in total. The maximum atomic E-state index is 12.0. The van der Waals surface area contributed by atoms with E-state index >= 15 is 0 Å². The molecule has 1 atom stereocenters. The third kappa shape index (κ3) is 2.74. The molecule has 0 fully saturated rings. The van der Waals surface area contributed by atoms with Crippen molar-refractivity contribution in [2.75, 3.05) is 0 Å². The van der Waals surface area contributed by atoms with Crippen molar-refractivity contribution < 1.29 is 22.7 Å². The Hall–Kier alpha value is -1.17. The number of hydrogen-bond donors (Lipinski definition) is 0. The Kier molecular flexibility index (Phi) is 3.07. The lowest BCUT2D eigenvalue weighted by atomic mass is 10.0. The van der Waals surface area contributed by atoms with Gasteiger partial charge in [-0.1, -0.05) is 6.07 Å². The predicted octanol–water partition coefficient (Wildman–Crippen LogP) is 3.40. The van der Waals surface area contributed by atoms with Crippen molar-refractivity contribution in [2.24, 2.45) is 0 Å². The highest BCUT2D eigenvalue weighted by Gasteiger charge is 2.32. The van der Waals surface area contributed by atoms with Gasteiger partial charge in [0.1, 0.15) is 5.75 Å². The first-order chi connectivity index (χ1) is 7.87. The lowest BCUT2D eigenvalue weighted by molar-refractivity contribution is -0.274. The van der Waals surface area contributed by atoms with Gasteiger partial charge in [0.05, 0.1) is 5.25 Å². The standard InChI is InChI=1S/C11H9F3O2S/c1-6-10(15)9-4-8(16-11(12,13)14)3-2-7(9)5-17-6/h2-4,6H,5H2,1H3. The van der Waals surface area contributed by atoms with Gasteiger partial charge in [-0.2, -0.15) is 0 Å². The van der Waals surface area contributed by atoms with E-state index in [0.717, 1.165) is 5.56 Å². The molecule has 0 spiro atoms. The van der Waals surface area contributed by atoms with Gasteiger partial charge in [-0.3, -0.25) is 4.79 Å². The van der Waals surface area contributed by atoms with E-state index in [4.69, 9.17) is 0 Å². The molecule has 1 aromatic rings. The van der Waals surface area contributed by atoms with Crippen LogP contribution < -0.4 is 4.74 Å². The monoisotopic (exact) mass is 262 g/mol. The van der Waals surface area contributed by atoms with E-state index in [1.54, 1.807) is 6.92 Å². The van der Waals surface area contributed by atoms with Crippen LogP contribution in [0.5, 0.6) is 5.75 Å². The van der Waals surface area contributed by atoms with Crippen LogP contribution in [0.2, 0.25) is 0 Å².